The molecule has 0 spiro atoms. The highest BCUT2D eigenvalue weighted by Gasteiger charge is 2.21. The molecule has 0 amide bonds. The van der Waals surface area contributed by atoms with Gasteiger partial charge in [0.1, 0.15) is 0 Å². The van der Waals surface area contributed by atoms with E-state index in [4.69, 9.17) is 11.6 Å². The fourth-order valence-electron chi connectivity index (χ4n) is 2.05. The molecule has 1 heterocycles. The number of hydrogen-bond acceptors (Lipinski definition) is 2. The van der Waals surface area contributed by atoms with Crippen LogP contribution in [0.1, 0.15) is 22.9 Å². The van der Waals surface area contributed by atoms with Gasteiger partial charge in [0.05, 0.1) is 22.4 Å². The Morgan fingerprint density at radius 2 is 2.17 bits per heavy atom. The Balaban J connectivity index is 2.52. The Kier molecular flexibility index (Phi) is 4.10. The van der Waals surface area contributed by atoms with Crippen molar-refractivity contribution in [1.82, 2.24) is 15.1 Å². The molecule has 1 N–H and O–H groups in total. The van der Waals surface area contributed by atoms with Crippen molar-refractivity contribution in [2.24, 2.45) is 7.05 Å². The summed E-state index contributed by atoms with van der Waals surface area (Å²) in [4.78, 5) is 0. The quantitative estimate of drug-likeness (QED) is 0.935. The number of benzene rings is 1. The molecule has 5 heteroatoms. The van der Waals surface area contributed by atoms with Crippen molar-refractivity contribution in [2.75, 3.05) is 7.05 Å². The van der Waals surface area contributed by atoms with E-state index in [0.29, 0.717) is 0 Å². The summed E-state index contributed by atoms with van der Waals surface area (Å²) in [6.45, 7) is 2.03. The molecule has 2 aromatic rings. The second-order valence-corrected chi connectivity index (χ2v) is 5.51. The lowest BCUT2D eigenvalue weighted by molar-refractivity contribution is 0.604. The minimum Gasteiger partial charge on any atom is -0.308 e. The summed E-state index contributed by atoms with van der Waals surface area (Å²) in [5.74, 6) is 0. The van der Waals surface area contributed by atoms with Crippen LogP contribution in [0.3, 0.4) is 0 Å². The molecule has 1 aromatic carbocycles. The number of nitrogens with one attached hydrogen (secondary N) is 1. The zero-order chi connectivity index (χ0) is 13.3. The van der Waals surface area contributed by atoms with Gasteiger partial charge in [-0.15, -0.1) is 0 Å². The molecular formula is C13H15BrClN3. The molecule has 18 heavy (non-hydrogen) atoms. The highest BCUT2D eigenvalue weighted by Crippen LogP contribution is 2.32. The summed E-state index contributed by atoms with van der Waals surface area (Å²) in [6.07, 6.45) is 1.79. The zero-order valence-corrected chi connectivity index (χ0v) is 12.9. The van der Waals surface area contributed by atoms with Crippen molar-refractivity contribution in [3.05, 3.63) is 50.7 Å². The van der Waals surface area contributed by atoms with Gasteiger partial charge < -0.3 is 5.32 Å². The van der Waals surface area contributed by atoms with Gasteiger partial charge in [0.25, 0.3) is 0 Å². The SMILES string of the molecule is CNC(c1ccc(C)cc1Cl)c1c(Br)cnn1C. The Bertz CT molecular complexity index is 546. The summed E-state index contributed by atoms with van der Waals surface area (Å²) < 4.78 is 2.82. The lowest BCUT2D eigenvalue weighted by Crippen LogP contribution is -2.21. The molecule has 3 nitrogen and oxygen atoms in total. The Morgan fingerprint density at radius 3 is 2.67 bits per heavy atom. The predicted octanol–water partition coefficient (Wildman–Crippen LogP) is 3.45. The van der Waals surface area contributed by atoms with Crippen LogP contribution in [0.2, 0.25) is 5.02 Å². The van der Waals surface area contributed by atoms with E-state index in [0.717, 1.165) is 26.3 Å². The van der Waals surface area contributed by atoms with E-state index in [2.05, 4.69) is 38.5 Å². The summed E-state index contributed by atoms with van der Waals surface area (Å²) >= 11 is 9.87. The molecular weight excluding hydrogens is 314 g/mol. The summed E-state index contributed by atoms with van der Waals surface area (Å²) in [7, 11) is 3.84. The number of halogens is 2. The number of aryl methyl sites for hydroxylation is 2. The van der Waals surface area contributed by atoms with Gasteiger partial charge in [-0.2, -0.15) is 5.10 Å². The van der Waals surface area contributed by atoms with Crippen LogP contribution in [0.25, 0.3) is 0 Å². The molecule has 0 bridgehead atoms. The average Bonchev–Trinajstić information content (AvgIpc) is 2.64. The maximum Gasteiger partial charge on any atom is 0.0771 e. The fourth-order valence-corrected chi connectivity index (χ4v) is 2.97. The maximum absolute atomic E-state index is 6.34. The highest BCUT2D eigenvalue weighted by atomic mass is 79.9. The van der Waals surface area contributed by atoms with E-state index in [-0.39, 0.29) is 6.04 Å². The lowest BCUT2D eigenvalue weighted by atomic mass is 10.0. The lowest BCUT2D eigenvalue weighted by Gasteiger charge is -2.19. The smallest absolute Gasteiger partial charge is 0.0771 e. The van der Waals surface area contributed by atoms with E-state index in [1.807, 2.05) is 31.8 Å². The van der Waals surface area contributed by atoms with E-state index in [1.54, 1.807) is 6.20 Å². The summed E-state index contributed by atoms with van der Waals surface area (Å²) in [6, 6.07) is 6.11. The van der Waals surface area contributed by atoms with Gasteiger partial charge in [0.15, 0.2) is 0 Å². The number of aromatic nitrogens is 2. The van der Waals surface area contributed by atoms with Crippen molar-refractivity contribution < 1.29 is 0 Å². The first kappa shape index (κ1) is 13.6. The average molecular weight is 329 g/mol. The zero-order valence-electron chi connectivity index (χ0n) is 10.5. The molecule has 1 unspecified atom stereocenters. The van der Waals surface area contributed by atoms with Gasteiger partial charge in [-0.25, -0.2) is 0 Å². The second-order valence-electron chi connectivity index (χ2n) is 4.25. The highest BCUT2D eigenvalue weighted by molar-refractivity contribution is 9.10. The van der Waals surface area contributed by atoms with Crippen LogP contribution in [0.5, 0.6) is 0 Å². The molecule has 1 aromatic heterocycles. The van der Waals surface area contributed by atoms with Crippen molar-refractivity contribution in [1.29, 1.82) is 0 Å². The van der Waals surface area contributed by atoms with Crippen molar-refractivity contribution in [3.63, 3.8) is 0 Å². The second kappa shape index (κ2) is 5.43. The summed E-state index contributed by atoms with van der Waals surface area (Å²) in [5, 5.41) is 8.30. The first-order valence-electron chi connectivity index (χ1n) is 5.65. The number of hydrogen-bond donors (Lipinski definition) is 1. The molecule has 0 aliphatic rings. The third-order valence-corrected chi connectivity index (χ3v) is 3.91. The van der Waals surface area contributed by atoms with Crippen LogP contribution in [0.15, 0.2) is 28.9 Å². The van der Waals surface area contributed by atoms with Crippen LogP contribution in [-0.4, -0.2) is 16.8 Å². The van der Waals surface area contributed by atoms with Gasteiger partial charge in [0, 0.05) is 12.1 Å². The fraction of sp³-hybridized carbons (Fsp3) is 0.308. The molecule has 0 radical (unpaired) electrons. The van der Waals surface area contributed by atoms with Gasteiger partial charge in [0.2, 0.25) is 0 Å². The van der Waals surface area contributed by atoms with E-state index >= 15 is 0 Å². The number of nitrogens with zero attached hydrogens (tertiary/aromatic N) is 2. The Morgan fingerprint density at radius 1 is 1.44 bits per heavy atom. The van der Waals surface area contributed by atoms with Gasteiger partial charge in [-0.1, -0.05) is 23.7 Å². The Labute approximate surface area is 120 Å². The molecule has 0 saturated heterocycles. The third kappa shape index (κ3) is 2.46. The predicted molar refractivity (Wildman–Crippen MR) is 78.0 cm³/mol. The molecule has 2 rings (SSSR count). The molecule has 1 atom stereocenters. The van der Waals surface area contributed by atoms with E-state index in [1.165, 1.54) is 0 Å². The van der Waals surface area contributed by atoms with Crippen LogP contribution < -0.4 is 5.32 Å². The van der Waals surface area contributed by atoms with Gasteiger partial charge in [-0.3, -0.25) is 4.68 Å². The van der Waals surface area contributed by atoms with Gasteiger partial charge >= 0.3 is 0 Å². The molecule has 0 aliphatic carbocycles. The largest absolute Gasteiger partial charge is 0.308 e. The Hall–Kier alpha value is -0.840. The van der Waals surface area contributed by atoms with Crippen LogP contribution in [0, 0.1) is 6.92 Å². The standard InChI is InChI=1S/C13H15BrClN3/c1-8-4-5-9(11(15)6-8)12(16-2)13-10(14)7-17-18(13)3/h4-7,12,16H,1-3H3. The summed E-state index contributed by atoms with van der Waals surface area (Å²) in [5.41, 5.74) is 3.26. The van der Waals surface area contributed by atoms with Crippen molar-refractivity contribution in [2.45, 2.75) is 13.0 Å². The first-order valence-corrected chi connectivity index (χ1v) is 6.82. The van der Waals surface area contributed by atoms with Crippen LogP contribution in [0.4, 0.5) is 0 Å². The van der Waals surface area contributed by atoms with Crippen molar-refractivity contribution in [3.8, 4) is 0 Å². The molecule has 0 saturated carbocycles. The third-order valence-electron chi connectivity index (χ3n) is 2.97. The normalized spacial score (nSPS) is 12.7. The van der Waals surface area contributed by atoms with Gasteiger partial charge in [-0.05, 0) is 47.1 Å². The number of rotatable bonds is 3. The molecule has 0 fully saturated rings. The topological polar surface area (TPSA) is 29.9 Å². The van der Waals surface area contributed by atoms with E-state index in [9.17, 15) is 0 Å². The maximum atomic E-state index is 6.34. The van der Waals surface area contributed by atoms with Crippen LogP contribution >= 0.6 is 27.5 Å². The minimum absolute atomic E-state index is 0.0139. The molecule has 96 valence electrons. The monoisotopic (exact) mass is 327 g/mol. The first-order chi connectivity index (χ1) is 8.54. The minimum atomic E-state index is 0.0139. The van der Waals surface area contributed by atoms with E-state index < -0.39 is 0 Å². The van der Waals surface area contributed by atoms with Crippen molar-refractivity contribution >= 4 is 27.5 Å². The van der Waals surface area contributed by atoms with Crippen LogP contribution in [-0.2, 0) is 7.05 Å². The molecule has 0 aliphatic heterocycles.